The molecule has 0 amide bonds. The number of rotatable bonds is 2. The van der Waals surface area contributed by atoms with Gasteiger partial charge in [-0.3, -0.25) is 4.57 Å². The molecule has 0 radical (unpaired) electrons. The molecule has 0 aromatic rings. The van der Waals surface area contributed by atoms with Gasteiger partial charge in [-0.25, -0.2) is 0 Å². The molecule has 0 aliphatic carbocycles. The largest absolute Gasteiger partial charge is 0.342 e. The van der Waals surface area contributed by atoms with E-state index >= 15 is 0 Å². The Hall–Kier alpha value is 0.0700. The molecule has 0 aromatic heterocycles. The van der Waals surface area contributed by atoms with Gasteiger partial charge in [0.15, 0.2) is 0 Å². The monoisotopic (exact) mass is 250 g/mol. The first-order chi connectivity index (χ1) is 6.93. The van der Waals surface area contributed by atoms with Crippen LogP contribution in [0.4, 0.5) is 0 Å². The minimum absolute atomic E-state index is 0.140. The molecule has 5 N–H and O–H groups in total. The summed E-state index contributed by atoms with van der Waals surface area (Å²) in [6, 6.07) is 0. The molecular weight excluding hydrogens is 227 g/mol. The number of hydrogen-bond donors (Lipinski definition) is 4. The van der Waals surface area contributed by atoms with Crippen molar-refractivity contribution in [2.24, 2.45) is 11.7 Å². The Morgan fingerprint density at radius 2 is 1.62 bits per heavy atom. The van der Waals surface area contributed by atoms with Crippen molar-refractivity contribution in [2.45, 2.75) is 57.4 Å². The number of hydrogen-bond acceptors (Lipinski definition) is 3. The van der Waals surface area contributed by atoms with Crippen LogP contribution in [0.1, 0.15) is 40.5 Å². The summed E-state index contributed by atoms with van der Waals surface area (Å²) in [6.45, 7) is 8.14. The smallest absolute Gasteiger partial charge is 0.323 e. The zero-order chi connectivity index (χ0) is 12.8. The Morgan fingerprint density at radius 3 is 1.94 bits per heavy atom. The third kappa shape index (κ3) is 3.54. The molecule has 0 aromatic carbocycles. The second kappa shape index (κ2) is 4.07. The molecule has 1 heterocycles. The summed E-state index contributed by atoms with van der Waals surface area (Å²) in [5, 5.41) is 3.46. The van der Waals surface area contributed by atoms with E-state index in [0.717, 1.165) is 0 Å². The van der Waals surface area contributed by atoms with E-state index in [1.54, 1.807) is 0 Å². The van der Waals surface area contributed by atoms with Crippen molar-refractivity contribution in [2.75, 3.05) is 0 Å². The Kier molecular flexibility index (Phi) is 3.60. The van der Waals surface area contributed by atoms with Crippen LogP contribution in [0, 0.1) is 5.92 Å². The first-order valence-corrected chi connectivity index (χ1v) is 7.21. The van der Waals surface area contributed by atoms with E-state index in [9.17, 15) is 4.57 Å². The molecule has 96 valence electrons. The third-order valence-electron chi connectivity index (χ3n) is 3.09. The zero-order valence-corrected chi connectivity index (χ0v) is 11.3. The molecular formula is C10H23N2O3P. The van der Waals surface area contributed by atoms with Crippen LogP contribution in [0.5, 0.6) is 0 Å². The summed E-state index contributed by atoms with van der Waals surface area (Å²) in [7, 11) is -4.19. The van der Waals surface area contributed by atoms with Crippen LogP contribution in [0.3, 0.4) is 0 Å². The van der Waals surface area contributed by atoms with E-state index in [1.807, 2.05) is 27.7 Å². The Morgan fingerprint density at radius 1 is 1.25 bits per heavy atom. The van der Waals surface area contributed by atoms with Gasteiger partial charge in [0, 0.05) is 11.1 Å². The summed E-state index contributed by atoms with van der Waals surface area (Å²) < 4.78 is 11.2. The maximum absolute atomic E-state index is 11.2. The van der Waals surface area contributed by atoms with E-state index in [1.165, 1.54) is 0 Å². The molecule has 0 saturated carbocycles. The Balaban J connectivity index is 2.87. The summed E-state index contributed by atoms with van der Waals surface area (Å²) in [6.07, 6.45) is 1.37. The van der Waals surface area contributed by atoms with Crippen LogP contribution in [0.15, 0.2) is 0 Å². The normalized spacial score (nSPS) is 27.7. The van der Waals surface area contributed by atoms with Crippen molar-refractivity contribution in [3.8, 4) is 0 Å². The lowest BCUT2D eigenvalue weighted by atomic mass is 9.76. The van der Waals surface area contributed by atoms with Gasteiger partial charge >= 0.3 is 7.60 Å². The average Bonchev–Trinajstić information content (AvgIpc) is 1.94. The summed E-state index contributed by atoms with van der Waals surface area (Å²) in [5.74, 6) is -1.19. The molecule has 1 atom stereocenters. The fraction of sp³-hybridized carbons (Fsp3) is 1.00. The third-order valence-corrected chi connectivity index (χ3v) is 4.29. The molecule has 1 fully saturated rings. The van der Waals surface area contributed by atoms with Crippen LogP contribution in [0.2, 0.25) is 0 Å². The van der Waals surface area contributed by atoms with E-state index < -0.39 is 13.4 Å². The van der Waals surface area contributed by atoms with Gasteiger partial charge in [0.25, 0.3) is 0 Å². The van der Waals surface area contributed by atoms with Crippen LogP contribution in [0.25, 0.3) is 0 Å². The molecule has 1 saturated heterocycles. The van der Waals surface area contributed by atoms with Gasteiger partial charge in [-0.05, 0) is 46.5 Å². The van der Waals surface area contributed by atoms with E-state index in [0.29, 0.717) is 12.8 Å². The van der Waals surface area contributed by atoms with Crippen LogP contribution < -0.4 is 11.1 Å². The lowest BCUT2D eigenvalue weighted by Crippen LogP contribution is -2.60. The van der Waals surface area contributed by atoms with Crippen molar-refractivity contribution in [1.82, 2.24) is 5.32 Å². The molecule has 16 heavy (non-hydrogen) atoms. The lowest BCUT2D eigenvalue weighted by Gasteiger charge is -2.48. The minimum atomic E-state index is -4.19. The quantitative estimate of drug-likeness (QED) is 0.548. The average molecular weight is 250 g/mol. The maximum Gasteiger partial charge on any atom is 0.342 e. The first-order valence-electron chi connectivity index (χ1n) is 5.53. The maximum atomic E-state index is 11.2. The highest BCUT2D eigenvalue weighted by Crippen LogP contribution is 2.47. The van der Waals surface area contributed by atoms with Crippen LogP contribution >= 0.6 is 7.60 Å². The second-order valence-electron chi connectivity index (χ2n) is 6.14. The fourth-order valence-corrected chi connectivity index (χ4v) is 3.68. The highest BCUT2D eigenvalue weighted by Gasteiger charge is 2.44. The van der Waals surface area contributed by atoms with Gasteiger partial charge in [0.1, 0.15) is 5.78 Å². The van der Waals surface area contributed by atoms with Gasteiger partial charge in [0.2, 0.25) is 0 Å². The van der Waals surface area contributed by atoms with Gasteiger partial charge in [0.05, 0.1) is 0 Å². The topological polar surface area (TPSA) is 95.6 Å². The molecule has 0 spiro atoms. The van der Waals surface area contributed by atoms with E-state index in [2.05, 4.69) is 5.32 Å². The van der Waals surface area contributed by atoms with Gasteiger partial charge in [-0.15, -0.1) is 0 Å². The number of piperidine rings is 1. The van der Waals surface area contributed by atoms with E-state index in [-0.39, 0.29) is 17.0 Å². The summed E-state index contributed by atoms with van der Waals surface area (Å²) in [5.41, 5.74) is 5.40. The zero-order valence-electron chi connectivity index (χ0n) is 10.4. The first kappa shape index (κ1) is 14.1. The van der Waals surface area contributed by atoms with Crippen molar-refractivity contribution in [1.29, 1.82) is 0 Å². The van der Waals surface area contributed by atoms with E-state index in [4.69, 9.17) is 15.5 Å². The summed E-state index contributed by atoms with van der Waals surface area (Å²) >= 11 is 0. The Labute approximate surface area is 97.0 Å². The standard InChI is InChI=1S/C10H23N2O3P/c1-9(2)5-7(6-10(3,4)12-9)8(11)16(13,14)15/h7-8,12H,5-6,11H2,1-4H3,(H2,13,14,15). The molecule has 6 heteroatoms. The van der Waals surface area contributed by atoms with Crippen molar-refractivity contribution in [3.63, 3.8) is 0 Å². The molecule has 1 rings (SSSR count). The van der Waals surface area contributed by atoms with Gasteiger partial charge in [-0.2, -0.15) is 0 Å². The van der Waals surface area contributed by atoms with Crippen LogP contribution in [-0.4, -0.2) is 26.6 Å². The highest BCUT2D eigenvalue weighted by molar-refractivity contribution is 7.52. The number of nitrogens with two attached hydrogens (primary N) is 1. The van der Waals surface area contributed by atoms with Crippen molar-refractivity contribution < 1.29 is 14.4 Å². The molecule has 5 nitrogen and oxygen atoms in total. The molecule has 1 aliphatic heterocycles. The predicted molar refractivity (Wildman–Crippen MR) is 64.0 cm³/mol. The summed E-state index contributed by atoms with van der Waals surface area (Å²) in [4.78, 5) is 18.3. The van der Waals surface area contributed by atoms with Crippen LogP contribution in [-0.2, 0) is 4.57 Å². The molecule has 0 bridgehead atoms. The van der Waals surface area contributed by atoms with Crippen molar-refractivity contribution in [3.05, 3.63) is 0 Å². The second-order valence-corrected chi connectivity index (χ2v) is 7.92. The number of nitrogens with one attached hydrogen (secondary N) is 1. The predicted octanol–water partition coefficient (Wildman–Crippen LogP) is 1.01. The Bertz CT molecular complexity index is 295. The van der Waals surface area contributed by atoms with Gasteiger partial charge < -0.3 is 20.8 Å². The molecule has 1 unspecified atom stereocenters. The minimum Gasteiger partial charge on any atom is -0.323 e. The SMILES string of the molecule is CC1(C)CC(C(N)P(=O)(O)O)CC(C)(C)N1. The fourth-order valence-electron chi connectivity index (χ4n) is 2.92. The highest BCUT2D eigenvalue weighted by atomic mass is 31.2. The lowest BCUT2D eigenvalue weighted by molar-refractivity contribution is 0.121. The van der Waals surface area contributed by atoms with Gasteiger partial charge in [-0.1, -0.05) is 0 Å². The van der Waals surface area contributed by atoms with Crippen molar-refractivity contribution >= 4 is 7.60 Å². The molecule has 1 aliphatic rings.